The van der Waals surface area contributed by atoms with Crippen molar-refractivity contribution >= 4 is 23.6 Å². The van der Waals surface area contributed by atoms with E-state index < -0.39 is 29.4 Å². The van der Waals surface area contributed by atoms with E-state index in [2.05, 4.69) is 9.88 Å². The Bertz CT molecular complexity index is 1540. The number of hydrogen-bond acceptors (Lipinski definition) is 5. The summed E-state index contributed by atoms with van der Waals surface area (Å²) in [7, 11) is 0. The van der Waals surface area contributed by atoms with E-state index in [0.29, 0.717) is 41.0 Å². The molecule has 1 aromatic heterocycles. The molecule has 11 heteroatoms. The average Bonchev–Trinajstić information content (AvgIpc) is 3.49. The van der Waals surface area contributed by atoms with Gasteiger partial charge in [0.1, 0.15) is 11.6 Å². The average molecular weight is 602 g/mol. The van der Waals surface area contributed by atoms with Crippen LogP contribution in [0.4, 0.5) is 13.2 Å². The number of imidazole rings is 1. The molecule has 222 valence electrons. The molecule has 2 aromatic carbocycles. The molecule has 1 saturated carbocycles. The number of fused-ring (bicyclic) bond motifs is 1. The number of rotatable bonds is 8. The van der Waals surface area contributed by atoms with Crippen LogP contribution >= 0.6 is 11.6 Å². The summed E-state index contributed by atoms with van der Waals surface area (Å²) in [5.74, 6) is -4.46. The molecule has 3 aliphatic rings. The largest absolute Gasteiger partial charge is 0.478 e. The molecule has 0 bridgehead atoms. The molecule has 1 N–H and O–H groups in total. The van der Waals surface area contributed by atoms with E-state index in [1.54, 1.807) is 29.8 Å². The zero-order chi connectivity index (χ0) is 29.6. The summed E-state index contributed by atoms with van der Waals surface area (Å²) < 4.78 is 57.1. The van der Waals surface area contributed by atoms with Crippen LogP contribution in [-0.4, -0.2) is 44.5 Å². The molecule has 2 fully saturated rings. The van der Waals surface area contributed by atoms with Crippen LogP contribution in [0.1, 0.15) is 61.2 Å². The molecule has 3 heterocycles. The Balaban J connectivity index is 1.15. The molecule has 0 radical (unpaired) electrons. The molecule has 1 saturated heterocycles. The van der Waals surface area contributed by atoms with E-state index in [1.165, 1.54) is 12.1 Å². The lowest BCUT2D eigenvalue weighted by Crippen LogP contribution is -2.42. The van der Waals surface area contributed by atoms with Gasteiger partial charge in [-0.25, -0.2) is 22.9 Å². The first-order valence-corrected chi connectivity index (χ1v) is 14.4. The summed E-state index contributed by atoms with van der Waals surface area (Å²) in [5, 5.41) is 9.35. The molecule has 6 rings (SSSR count). The number of carboxylic acid groups (broad SMARTS) is 1. The number of para-hydroxylation sites is 1. The van der Waals surface area contributed by atoms with Crippen LogP contribution in [-0.2, 0) is 23.7 Å². The van der Waals surface area contributed by atoms with Crippen molar-refractivity contribution in [3.63, 3.8) is 0 Å². The summed E-state index contributed by atoms with van der Waals surface area (Å²) in [4.78, 5) is 17.8. The summed E-state index contributed by atoms with van der Waals surface area (Å²) in [6.07, 6.45) is 5.89. The maximum Gasteiger partial charge on any atom is 0.328 e. The highest BCUT2D eigenvalue weighted by molar-refractivity contribution is 6.30. The maximum absolute atomic E-state index is 14.8. The molecular weight excluding hydrogens is 571 g/mol. The number of alkyl halides is 2. The quantitative estimate of drug-likeness (QED) is 0.285. The molecule has 2 aliphatic heterocycles. The topological polar surface area (TPSA) is 76.8 Å². The monoisotopic (exact) mass is 601 g/mol. The summed E-state index contributed by atoms with van der Waals surface area (Å²) in [6, 6.07) is 10.1. The van der Waals surface area contributed by atoms with Crippen LogP contribution < -0.4 is 9.47 Å². The molecule has 2 atom stereocenters. The fourth-order valence-corrected chi connectivity index (χ4v) is 6.27. The predicted molar refractivity (Wildman–Crippen MR) is 150 cm³/mol. The number of likely N-dealkylation sites (tertiary alicyclic amines) is 1. The number of piperidine rings is 1. The van der Waals surface area contributed by atoms with Crippen molar-refractivity contribution in [1.82, 2.24) is 14.5 Å². The fourth-order valence-electron chi connectivity index (χ4n) is 6.11. The van der Waals surface area contributed by atoms with Crippen molar-refractivity contribution in [1.29, 1.82) is 0 Å². The number of aromatic nitrogens is 2. The number of ether oxygens (including phenoxy) is 2. The van der Waals surface area contributed by atoms with Crippen LogP contribution in [0.25, 0.3) is 6.08 Å². The lowest BCUT2D eigenvalue weighted by Gasteiger charge is -2.37. The van der Waals surface area contributed by atoms with Crippen molar-refractivity contribution in [3.8, 4) is 11.5 Å². The lowest BCUT2D eigenvalue weighted by molar-refractivity contribution is -0.137. The van der Waals surface area contributed by atoms with Crippen LogP contribution in [0.2, 0.25) is 5.02 Å². The lowest BCUT2D eigenvalue weighted by atomic mass is 9.80. The minimum atomic E-state index is -2.72. The third-order valence-electron chi connectivity index (χ3n) is 8.62. The van der Waals surface area contributed by atoms with Gasteiger partial charge in [-0.3, -0.25) is 4.90 Å². The SMILES string of the molecule is CC1(c2ccc(Cl)cc2F)Oc2cccc(C3CCN(Cc4ncc(/C=C/C(=O)O)n4CC4CCC4(F)F)CC3)c2O1. The van der Waals surface area contributed by atoms with Gasteiger partial charge in [-0.1, -0.05) is 23.7 Å². The minimum absolute atomic E-state index is 0.0958. The third-order valence-corrected chi connectivity index (χ3v) is 8.85. The van der Waals surface area contributed by atoms with Crippen molar-refractivity contribution < 1.29 is 32.5 Å². The van der Waals surface area contributed by atoms with E-state index in [0.717, 1.165) is 37.6 Å². The highest BCUT2D eigenvalue weighted by atomic mass is 35.5. The number of aliphatic carboxylic acids is 1. The number of hydrogen-bond donors (Lipinski definition) is 1. The number of carboxylic acids is 1. The Morgan fingerprint density at radius 1 is 1.19 bits per heavy atom. The van der Waals surface area contributed by atoms with Crippen LogP contribution in [0, 0.1) is 11.7 Å². The molecule has 42 heavy (non-hydrogen) atoms. The summed E-state index contributed by atoms with van der Waals surface area (Å²) in [5.41, 5.74) is 1.76. The highest BCUT2D eigenvalue weighted by Crippen LogP contribution is 2.50. The fraction of sp³-hybridized carbons (Fsp3) is 0.419. The van der Waals surface area contributed by atoms with Crippen molar-refractivity contribution in [2.24, 2.45) is 5.92 Å². The number of carbonyl (C=O) groups is 1. The second-order valence-electron chi connectivity index (χ2n) is 11.4. The van der Waals surface area contributed by atoms with Gasteiger partial charge in [0.05, 0.1) is 24.0 Å². The molecule has 0 amide bonds. The Morgan fingerprint density at radius 2 is 1.98 bits per heavy atom. The van der Waals surface area contributed by atoms with E-state index in [9.17, 15) is 18.0 Å². The van der Waals surface area contributed by atoms with Gasteiger partial charge >= 0.3 is 5.97 Å². The molecule has 1 aliphatic carbocycles. The Labute approximate surface area is 246 Å². The van der Waals surface area contributed by atoms with Crippen molar-refractivity contribution in [2.75, 3.05) is 13.1 Å². The van der Waals surface area contributed by atoms with Crippen molar-refractivity contribution in [2.45, 2.75) is 63.3 Å². The number of benzene rings is 2. The van der Waals surface area contributed by atoms with E-state index >= 15 is 0 Å². The van der Waals surface area contributed by atoms with Crippen LogP contribution in [0.15, 0.2) is 48.7 Å². The smallest absolute Gasteiger partial charge is 0.328 e. The zero-order valence-electron chi connectivity index (χ0n) is 23.0. The van der Waals surface area contributed by atoms with Crippen LogP contribution in [0.5, 0.6) is 11.5 Å². The molecule has 0 spiro atoms. The Kier molecular flexibility index (Phi) is 7.47. The molecular formula is C31H31ClF3N3O4. The van der Waals surface area contributed by atoms with Crippen LogP contribution in [0.3, 0.4) is 0 Å². The zero-order valence-corrected chi connectivity index (χ0v) is 23.8. The van der Waals surface area contributed by atoms with Crippen molar-refractivity contribution in [3.05, 3.63) is 82.2 Å². The Morgan fingerprint density at radius 3 is 2.64 bits per heavy atom. The highest BCUT2D eigenvalue weighted by Gasteiger charge is 2.48. The Hall–Kier alpha value is -3.50. The van der Waals surface area contributed by atoms with Gasteiger partial charge < -0.3 is 19.1 Å². The normalized spacial score (nSPS) is 23.8. The van der Waals surface area contributed by atoms with Gasteiger partial charge in [0.25, 0.3) is 11.7 Å². The van der Waals surface area contributed by atoms with E-state index in [1.807, 2.05) is 18.2 Å². The molecule has 3 aromatic rings. The van der Waals surface area contributed by atoms with E-state index in [-0.39, 0.29) is 24.4 Å². The predicted octanol–water partition coefficient (Wildman–Crippen LogP) is 6.84. The third kappa shape index (κ3) is 5.49. The minimum Gasteiger partial charge on any atom is -0.478 e. The molecule has 2 unspecified atom stereocenters. The summed E-state index contributed by atoms with van der Waals surface area (Å²) >= 11 is 5.94. The molecule has 7 nitrogen and oxygen atoms in total. The van der Waals surface area contributed by atoms with Gasteiger partial charge in [-0.15, -0.1) is 0 Å². The summed E-state index contributed by atoms with van der Waals surface area (Å²) in [6.45, 7) is 3.73. The van der Waals surface area contributed by atoms with Gasteiger partial charge in [-0.05, 0) is 68.6 Å². The first-order valence-electron chi connectivity index (χ1n) is 14.0. The first-order chi connectivity index (χ1) is 20.0. The van der Waals surface area contributed by atoms with Gasteiger partial charge in [0.15, 0.2) is 11.5 Å². The van der Waals surface area contributed by atoms with Gasteiger partial charge in [0.2, 0.25) is 0 Å². The second-order valence-corrected chi connectivity index (χ2v) is 11.8. The maximum atomic E-state index is 14.8. The van der Waals surface area contributed by atoms with E-state index in [4.69, 9.17) is 26.2 Å². The van der Waals surface area contributed by atoms with Gasteiger partial charge in [-0.2, -0.15) is 0 Å². The number of halogens is 4. The standard InChI is InChI=1S/C31H31ClF3N3O4/c1-30(24-7-5-21(32)15-25(24)33)41-26-4-2-3-23(29(26)42-30)19-10-13-37(14-11-19)18-27-36-16-22(6-8-28(39)40)38(27)17-20-9-12-31(20,34)35/h2-8,15-16,19-20H,9-14,17-18H2,1H3,(H,39,40)/b8-6+. The first kappa shape index (κ1) is 28.6. The number of nitrogens with zero attached hydrogens (tertiary/aromatic N) is 3. The second kappa shape index (κ2) is 11.0. The van der Waals surface area contributed by atoms with Gasteiger partial charge in [0, 0.05) is 42.5 Å².